The molecule has 0 aromatic heterocycles. The first-order chi connectivity index (χ1) is 14.1. The molecule has 0 aliphatic heterocycles. The Bertz CT molecular complexity index is 570. The monoisotopic (exact) mass is 422 g/mol. The quantitative estimate of drug-likeness (QED) is 0.383. The van der Waals surface area contributed by atoms with Gasteiger partial charge in [0.1, 0.15) is 0 Å². The van der Waals surface area contributed by atoms with Crippen molar-refractivity contribution in [2.24, 2.45) is 17.8 Å². The standard InChI is InChI=1S/C26H46O4/c1-18(2)16-21(24(29-9)19(3)4)25(30-10)22(27-7)17-23(28-8)26(5,6)20-14-12-11-13-15-20/h11-15,18-19,21-25H,16-17H2,1-10H3. The van der Waals surface area contributed by atoms with Crippen molar-refractivity contribution >= 4 is 0 Å². The lowest BCUT2D eigenvalue weighted by Gasteiger charge is -2.41. The van der Waals surface area contributed by atoms with Crippen LogP contribution in [0.25, 0.3) is 0 Å². The lowest BCUT2D eigenvalue weighted by Crippen LogP contribution is -2.48. The number of ether oxygens (including phenoxy) is 4. The van der Waals surface area contributed by atoms with Crippen LogP contribution in [-0.4, -0.2) is 52.9 Å². The average Bonchev–Trinajstić information content (AvgIpc) is 2.71. The predicted octanol–water partition coefficient (Wildman–Crippen LogP) is 5.73. The molecular weight excluding hydrogens is 376 g/mol. The Morgan fingerprint density at radius 2 is 1.30 bits per heavy atom. The summed E-state index contributed by atoms with van der Waals surface area (Å²) in [4.78, 5) is 0. The molecule has 0 fully saturated rings. The summed E-state index contributed by atoms with van der Waals surface area (Å²) >= 11 is 0. The minimum Gasteiger partial charge on any atom is -0.381 e. The van der Waals surface area contributed by atoms with E-state index in [1.807, 2.05) is 13.2 Å². The van der Waals surface area contributed by atoms with Crippen LogP contribution < -0.4 is 0 Å². The molecule has 0 aliphatic carbocycles. The topological polar surface area (TPSA) is 36.9 Å². The van der Waals surface area contributed by atoms with Gasteiger partial charge >= 0.3 is 0 Å². The number of hydrogen-bond donors (Lipinski definition) is 0. The van der Waals surface area contributed by atoms with Crippen molar-refractivity contribution < 1.29 is 18.9 Å². The summed E-state index contributed by atoms with van der Waals surface area (Å²) in [6.07, 6.45) is 1.70. The minimum atomic E-state index is -0.155. The summed E-state index contributed by atoms with van der Waals surface area (Å²) in [7, 11) is 7.17. The Balaban J connectivity index is 3.19. The van der Waals surface area contributed by atoms with Crippen LogP contribution in [0, 0.1) is 17.8 Å². The molecule has 1 aromatic rings. The van der Waals surface area contributed by atoms with E-state index in [-0.39, 0.29) is 35.7 Å². The third-order valence-corrected chi connectivity index (χ3v) is 6.51. The Morgan fingerprint density at radius 1 is 0.733 bits per heavy atom. The van der Waals surface area contributed by atoms with E-state index in [1.54, 1.807) is 21.3 Å². The Morgan fingerprint density at radius 3 is 1.70 bits per heavy atom. The van der Waals surface area contributed by atoms with Gasteiger partial charge in [-0.3, -0.25) is 0 Å². The fraction of sp³-hybridized carbons (Fsp3) is 0.769. The van der Waals surface area contributed by atoms with E-state index >= 15 is 0 Å². The first-order valence-electron chi connectivity index (χ1n) is 11.3. The van der Waals surface area contributed by atoms with Crippen LogP contribution >= 0.6 is 0 Å². The molecule has 1 rings (SSSR count). The van der Waals surface area contributed by atoms with Gasteiger partial charge in [0.25, 0.3) is 0 Å². The summed E-state index contributed by atoms with van der Waals surface area (Å²) in [6, 6.07) is 10.6. The van der Waals surface area contributed by atoms with Crippen LogP contribution in [0.3, 0.4) is 0 Å². The van der Waals surface area contributed by atoms with E-state index in [2.05, 4.69) is 65.8 Å². The normalized spacial score (nSPS) is 17.7. The molecule has 0 aliphatic rings. The molecule has 30 heavy (non-hydrogen) atoms. The second-order valence-corrected chi connectivity index (χ2v) is 9.76. The van der Waals surface area contributed by atoms with Crippen LogP contribution in [0.5, 0.6) is 0 Å². The van der Waals surface area contributed by atoms with E-state index in [0.717, 1.165) is 12.8 Å². The van der Waals surface area contributed by atoms with Gasteiger partial charge in [0, 0.05) is 46.2 Å². The molecule has 1 aromatic carbocycles. The first kappa shape index (κ1) is 27.1. The molecule has 0 radical (unpaired) electrons. The second kappa shape index (κ2) is 12.8. The zero-order chi connectivity index (χ0) is 22.9. The highest BCUT2D eigenvalue weighted by Gasteiger charge is 2.41. The molecular formula is C26H46O4. The molecule has 5 atom stereocenters. The average molecular weight is 423 g/mol. The lowest BCUT2D eigenvalue weighted by molar-refractivity contribution is -0.129. The second-order valence-electron chi connectivity index (χ2n) is 9.76. The van der Waals surface area contributed by atoms with Gasteiger partial charge in [-0.1, -0.05) is 71.9 Å². The van der Waals surface area contributed by atoms with Crippen molar-refractivity contribution in [2.75, 3.05) is 28.4 Å². The van der Waals surface area contributed by atoms with Crippen LogP contribution in [0.15, 0.2) is 30.3 Å². The van der Waals surface area contributed by atoms with Gasteiger partial charge in [0.2, 0.25) is 0 Å². The Hall–Kier alpha value is -0.940. The fourth-order valence-corrected chi connectivity index (χ4v) is 4.86. The van der Waals surface area contributed by atoms with Crippen LogP contribution in [-0.2, 0) is 24.4 Å². The molecule has 0 saturated heterocycles. The third kappa shape index (κ3) is 7.05. The maximum atomic E-state index is 6.10. The first-order valence-corrected chi connectivity index (χ1v) is 11.3. The summed E-state index contributed by atoms with van der Waals surface area (Å²) in [6.45, 7) is 13.4. The van der Waals surface area contributed by atoms with E-state index in [4.69, 9.17) is 18.9 Å². The fourth-order valence-electron chi connectivity index (χ4n) is 4.86. The molecule has 0 heterocycles. The summed E-state index contributed by atoms with van der Waals surface area (Å²) in [5.41, 5.74) is 1.11. The van der Waals surface area contributed by atoms with E-state index in [0.29, 0.717) is 11.8 Å². The van der Waals surface area contributed by atoms with Gasteiger partial charge in [-0.2, -0.15) is 0 Å². The van der Waals surface area contributed by atoms with Gasteiger partial charge in [-0.15, -0.1) is 0 Å². The van der Waals surface area contributed by atoms with Crippen molar-refractivity contribution in [2.45, 2.75) is 84.2 Å². The molecule has 4 nitrogen and oxygen atoms in total. The number of hydrogen-bond acceptors (Lipinski definition) is 4. The van der Waals surface area contributed by atoms with E-state index < -0.39 is 0 Å². The Kier molecular flexibility index (Phi) is 11.6. The number of methoxy groups -OCH3 is 4. The summed E-state index contributed by atoms with van der Waals surface area (Å²) in [5.74, 6) is 1.18. The highest BCUT2D eigenvalue weighted by molar-refractivity contribution is 5.25. The minimum absolute atomic E-state index is 0.0118. The van der Waals surface area contributed by atoms with Crippen molar-refractivity contribution in [3.8, 4) is 0 Å². The molecule has 0 saturated carbocycles. The van der Waals surface area contributed by atoms with Gasteiger partial charge < -0.3 is 18.9 Å². The molecule has 0 bridgehead atoms. The SMILES string of the molecule is COC(CC(OC)C(C)(C)c1ccccc1)C(OC)C(CC(C)C)C(OC)C(C)C. The summed E-state index contributed by atoms with van der Waals surface area (Å²) in [5, 5.41) is 0. The molecule has 174 valence electrons. The highest BCUT2D eigenvalue weighted by Crippen LogP contribution is 2.36. The maximum absolute atomic E-state index is 6.10. The highest BCUT2D eigenvalue weighted by atomic mass is 16.5. The third-order valence-electron chi connectivity index (χ3n) is 6.51. The molecule has 0 spiro atoms. The van der Waals surface area contributed by atoms with Gasteiger partial charge in [0.05, 0.1) is 24.4 Å². The number of benzene rings is 1. The smallest absolute Gasteiger partial charge is 0.0886 e. The summed E-state index contributed by atoms with van der Waals surface area (Å²) < 4.78 is 24.1. The van der Waals surface area contributed by atoms with Crippen molar-refractivity contribution in [3.63, 3.8) is 0 Å². The van der Waals surface area contributed by atoms with Crippen molar-refractivity contribution in [1.82, 2.24) is 0 Å². The molecule has 5 unspecified atom stereocenters. The molecule has 0 amide bonds. The maximum Gasteiger partial charge on any atom is 0.0886 e. The van der Waals surface area contributed by atoms with Gasteiger partial charge in [-0.25, -0.2) is 0 Å². The largest absolute Gasteiger partial charge is 0.381 e. The van der Waals surface area contributed by atoms with Gasteiger partial charge in [-0.05, 0) is 23.8 Å². The van der Waals surface area contributed by atoms with E-state index in [1.165, 1.54) is 5.56 Å². The van der Waals surface area contributed by atoms with E-state index in [9.17, 15) is 0 Å². The zero-order valence-corrected chi connectivity index (χ0v) is 21.0. The van der Waals surface area contributed by atoms with Crippen LogP contribution in [0.4, 0.5) is 0 Å². The van der Waals surface area contributed by atoms with Crippen LogP contribution in [0.1, 0.15) is 59.9 Å². The van der Waals surface area contributed by atoms with Crippen molar-refractivity contribution in [1.29, 1.82) is 0 Å². The van der Waals surface area contributed by atoms with Crippen LogP contribution in [0.2, 0.25) is 0 Å². The zero-order valence-electron chi connectivity index (χ0n) is 21.0. The molecule has 0 N–H and O–H groups in total. The Labute approximate surface area is 185 Å². The lowest BCUT2D eigenvalue weighted by atomic mass is 9.74. The predicted molar refractivity (Wildman–Crippen MR) is 125 cm³/mol. The number of rotatable bonds is 14. The van der Waals surface area contributed by atoms with Crippen molar-refractivity contribution in [3.05, 3.63) is 35.9 Å². The van der Waals surface area contributed by atoms with Gasteiger partial charge in [0.15, 0.2) is 0 Å². The molecule has 4 heteroatoms.